The summed E-state index contributed by atoms with van der Waals surface area (Å²) in [5, 5.41) is 8.28. The Bertz CT molecular complexity index is 958. The Kier molecular flexibility index (Phi) is 5.23. The summed E-state index contributed by atoms with van der Waals surface area (Å²) in [7, 11) is 0. The van der Waals surface area contributed by atoms with Gasteiger partial charge in [0.05, 0.1) is 11.9 Å². The number of carbonyl (C=O) groups excluding carboxylic acids is 1. The van der Waals surface area contributed by atoms with Crippen molar-refractivity contribution in [2.45, 2.75) is 25.7 Å². The molecule has 142 valence electrons. The predicted octanol–water partition coefficient (Wildman–Crippen LogP) is 3.25. The molecule has 0 atom stereocenters. The number of aromatic nitrogens is 4. The molecule has 1 amide bonds. The highest BCUT2D eigenvalue weighted by Crippen LogP contribution is 2.29. The third kappa shape index (κ3) is 4.14. The Morgan fingerprint density at radius 1 is 1.11 bits per heavy atom. The molecule has 1 aromatic carbocycles. The van der Waals surface area contributed by atoms with Crippen molar-refractivity contribution in [3.05, 3.63) is 65.9 Å². The maximum absolute atomic E-state index is 12.4. The summed E-state index contributed by atoms with van der Waals surface area (Å²) in [5.41, 5.74) is 2.42. The van der Waals surface area contributed by atoms with E-state index in [4.69, 9.17) is 4.42 Å². The van der Waals surface area contributed by atoms with Crippen LogP contribution >= 0.6 is 0 Å². The first kappa shape index (κ1) is 18.0. The molecule has 1 aliphatic rings. The number of aryl methyl sites for hydroxylation is 1. The van der Waals surface area contributed by atoms with Crippen molar-refractivity contribution < 1.29 is 9.21 Å². The summed E-state index contributed by atoms with van der Waals surface area (Å²) < 4.78 is 5.81. The second-order valence-corrected chi connectivity index (χ2v) is 6.83. The fourth-order valence-electron chi connectivity index (χ4n) is 3.19. The molecule has 4 rings (SSSR count). The number of likely N-dealkylation sites (tertiary alicyclic amines) is 1. The number of hydrogen-bond donors (Lipinski definition) is 0. The van der Waals surface area contributed by atoms with Crippen LogP contribution in [0.15, 0.2) is 53.2 Å². The lowest BCUT2D eigenvalue weighted by atomic mass is 9.97. The van der Waals surface area contributed by atoms with Crippen LogP contribution < -0.4 is 0 Å². The summed E-state index contributed by atoms with van der Waals surface area (Å²) in [5.74, 6) is 1.17. The summed E-state index contributed by atoms with van der Waals surface area (Å²) in [4.78, 5) is 22.7. The van der Waals surface area contributed by atoms with Crippen LogP contribution in [-0.4, -0.2) is 44.1 Å². The molecule has 3 aromatic rings. The van der Waals surface area contributed by atoms with Gasteiger partial charge in [0.2, 0.25) is 11.8 Å². The zero-order valence-electron chi connectivity index (χ0n) is 15.7. The van der Waals surface area contributed by atoms with Crippen molar-refractivity contribution in [2.75, 3.05) is 13.1 Å². The highest BCUT2D eigenvalue weighted by molar-refractivity contribution is 5.91. The van der Waals surface area contributed by atoms with Crippen LogP contribution in [0.5, 0.6) is 0 Å². The molecule has 2 aromatic heterocycles. The van der Waals surface area contributed by atoms with Crippen LogP contribution in [0.2, 0.25) is 0 Å². The van der Waals surface area contributed by atoms with E-state index in [9.17, 15) is 4.79 Å². The number of carbonyl (C=O) groups is 1. The maximum Gasteiger partial charge on any atom is 0.267 e. The number of hydrogen-bond acceptors (Lipinski definition) is 6. The third-order valence-electron chi connectivity index (χ3n) is 4.81. The Balaban J connectivity index is 1.35. The van der Waals surface area contributed by atoms with E-state index in [0.717, 1.165) is 24.1 Å². The lowest BCUT2D eigenvalue weighted by molar-refractivity contribution is -0.127. The van der Waals surface area contributed by atoms with Gasteiger partial charge in [0, 0.05) is 31.3 Å². The quantitative estimate of drug-likeness (QED) is 0.651. The highest BCUT2D eigenvalue weighted by atomic mass is 16.4. The van der Waals surface area contributed by atoms with Crippen molar-refractivity contribution in [2.24, 2.45) is 0 Å². The molecule has 1 aliphatic heterocycles. The average molecular weight is 375 g/mol. The molecule has 0 unspecified atom stereocenters. The van der Waals surface area contributed by atoms with Crippen LogP contribution in [0, 0.1) is 6.92 Å². The van der Waals surface area contributed by atoms with Gasteiger partial charge in [-0.05, 0) is 31.4 Å². The molecule has 0 bridgehead atoms. The minimum absolute atomic E-state index is 0.0310. The van der Waals surface area contributed by atoms with Gasteiger partial charge in [-0.15, -0.1) is 10.2 Å². The summed E-state index contributed by atoms with van der Waals surface area (Å²) >= 11 is 0. The molecule has 0 aliphatic carbocycles. The third-order valence-corrected chi connectivity index (χ3v) is 4.81. The van der Waals surface area contributed by atoms with E-state index >= 15 is 0 Å². The molecule has 0 spiro atoms. The first-order valence-electron chi connectivity index (χ1n) is 9.33. The van der Waals surface area contributed by atoms with E-state index in [1.807, 2.05) is 48.2 Å². The van der Waals surface area contributed by atoms with Crippen molar-refractivity contribution in [3.63, 3.8) is 0 Å². The zero-order chi connectivity index (χ0) is 19.3. The highest BCUT2D eigenvalue weighted by Gasteiger charge is 2.27. The first-order valence-corrected chi connectivity index (χ1v) is 9.33. The zero-order valence-corrected chi connectivity index (χ0v) is 15.7. The van der Waals surface area contributed by atoms with E-state index < -0.39 is 0 Å². The van der Waals surface area contributed by atoms with Gasteiger partial charge in [0.1, 0.15) is 5.69 Å². The van der Waals surface area contributed by atoms with Crippen LogP contribution in [-0.2, 0) is 4.79 Å². The van der Waals surface area contributed by atoms with E-state index in [1.54, 1.807) is 18.5 Å². The number of rotatable bonds is 4. The molecule has 1 saturated heterocycles. The summed E-state index contributed by atoms with van der Waals surface area (Å²) in [6.07, 6.45) is 8.38. The van der Waals surface area contributed by atoms with Crippen LogP contribution in [0.4, 0.5) is 0 Å². The molecule has 0 saturated carbocycles. The van der Waals surface area contributed by atoms with E-state index in [1.165, 1.54) is 0 Å². The van der Waals surface area contributed by atoms with Crippen LogP contribution in [0.3, 0.4) is 0 Å². The molecule has 3 heterocycles. The Hall–Kier alpha value is -3.35. The maximum atomic E-state index is 12.4. The van der Waals surface area contributed by atoms with E-state index in [0.29, 0.717) is 30.6 Å². The van der Waals surface area contributed by atoms with Crippen molar-refractivity contribution in [3.8, 4) is 11.6 Å². The van der Waals surface area contributed by atoms with Gasteiger partial charge < -0.3 is 9.32 Å². The molecule has 28 heavy (non-hydrogen) atoms. The number of benzene rings is 1. The normalized spacial score (nSPS) is 15.2. The van der Waals surface area contributed by atoms with Gasteiger partial charge in [-0.25, -0.2) is 4.98 Å². The topological polar surface area (TPSA) is 85.0 Å². The lowest BCUT2D eigenvalue weighted by Gasteiger charge is -2.29. The van der Waals surface area contributed by atoms with Crippen LogP contribution in [0.25, 0.3) is 17.7 Å². The van der Waals surface area contributed by atoms with Gasteiger partial charge in [0.25, 0.3) is 5.89 Å². The predicted molar refractivity (Wildman–Crippen MR) is 104 cm³/mol. The Morgan fingerprint density at radius 2 is 1.89 bits per heavy atom. The van der Waals surface area contributed by atoms with Gasteiger partial charge in [-0.3, -0.25) is 9.78 Å². The minimum atomic E-state index is 0.0310. The van der Waals surface area contributed by atoms with Crippen molar-refractivity contribution in [1.82, 2.24) is 25.1 Å². The molecular formula is C21H21N5O2. The molecule has 1 fully saturated rings. The average Bonchev–Trinajstić information content (AvgIpc) is 3.24. The van der Waals surface area contributed by atoms with E-state index in [2.05, 4.69) is 20.2 Å². The standard InChI is InChI=1S/C21H21N5O2/c1-15-13-23-18(14-22-15)21-25-24-20(28-21)17-9-11-26(12-10-17)19(27)8-7-16-5-3-2-4-6-16/h2-8,13-14,17H,9-12H2,1H3. The number of amides is 1. The van der Waals surface area contributed by atoms with Gasteiger partial charge in [0.15, 0.2) is 0 Å². The van der Waals surface area contributed by atoms with Gasteiger partial charge in [-0.2, -0.15) is 0 Å². The van der Waals surface area contributed by atoms with Crippen molar-refractivity contribution in [1.29, 1.82) is 0 Å². The fraction of sp³-hybridized carbons (Fsp3) is 0.286. The van der Waals surface area contributed by atoms with Crippen molar-refractivity contribution >= 4 is 12.0 Å². The monoisotopic (exact) mass is 375 g/mol. The molecule has 0 radical (unpaired) electrons. The molecule has 7 heteroatoms. The van der Waals surface area contributed by atoms with Crippen LogP contribution in [0.1, 0.15) is 35.9 Å². The van der Waals surface area contributed by atoms with Gasteiger partial charge >= 0.3 is 0 Å². The smallest absolute Gasteiger partial charge is 0.267 e. The molecule has 7 nitrogen and oxygen atoms in total. The Morgan fingerprint density at radius 3 is 2.61 bits per heavy atom. The minimum Gasteiger partial charge on any atom is -0.419 e. The molecular weight excluding hydrogens is 354 g/mol. The summed E-state index contributed by atoms with van der Waals surface area (Å²) in [6.45, 7) is 3.22. The lowest BCUT2D eigenvalue weighted by Crippen LogP contribution is -2.36. The van der Waals surface area contributed by atoms with E-state index in [-0.39, 0.29) is 11.8 Å². The fourth-order valence-corrected chi connectivity index (χ4v) is 3.19. The summed E-state index contributed by atoms with van der Waals surface area (Å²) in [6, 6.07) is 9.81. The number of piperidine rings is 1. The largest absolute Gasteiger partial charge is 0.419 e. The first-order chi connectivity index (χ1) is 13.7. The second kappa shape index (κ2) is 8.12. The number of nitrogens with zero attached hydrogens (tertiary/aromatic N) is 5. The SMILES string of the molecule is Cc1cnc(-c2nnc(C3CCN(C(=O)C=Cc4ccccc4)CC3)o2)cn1. The second-order valence-electron chi connectivity index (χ2n) is 6.83. The van der Waals surface area contributed by atoms with Gasteiger partial charge in [-0.1, -0.05) is 30.3 Å². The molecule has 0 N–H and O–H groups in total. The Labute approximate surface area is 163 Å².